The number of carbonyl (C=O) groups is 2. The number of anilines is 3. The van der Waals surface area contributed by atoms with Crippen LogP contribution in [0.3, 0.4) is 0 Å². The topological polar surface area (TPSA) is 123 Å². The summed E-state index contributed by atoms with van der Waals surface area (Å²) in [6.45, 7) is 1.87. The molecule has 160 valence electrons. The summed E-state index contributed by atoms with van der Waals surface area (Å²) < 4.78 is 4.84. The van der Waals surface area contributed by atoms with Gasteiger partial charge in [0.15, 0.2) is 10.8 Å². The van der Waals surface area contributed by atoms with Crippen LogP contribution in [-0.4, -0.2) is 28.4 Å². The van der Waals surface area contributed by atoms with E-state index in [-0.39, 0.29) is 39.4 Å². The first-order valence-electron chi connectivity index (χ1n) is 8.73. The summed E-state index contributed by atoms with van der Waals surface area (Å²) in [6.07, 6.45) is 0. The van der Waals surface area contributed by atoms with Gasteiger partial charge >= 0.3 is 5.97 Å². The van der Waals surface area contributed by atoms with E-state index in [1.165, 1.54) is 23.6 Å². The molecule has 0 saturated carbocycles. The number of nitro benzene ring substituents is 1. The Balaban J connectivity index is 1.80. The Hall–Kier alpha value is -3.21. The van der Waals surface area contributed by atoms with Crippen LogP contribution >= 0.6 is 34.5 Å². The van der Waals surface area contributed by atoms with Gasteiger partial charge in [-0.2, -0.15) is 0 Å². The summed E-state index contributed by atoms with van der Waals surface area (Å²) in [7, 11) is 0. The van der Waals surface area contributed by atoms with Gasteiger partial charge in [0, 0.05) is 22.7 Å². The molecule has 0 aliphatic rings. The Bertz CT molecular complexity index is 1170. The van der Waals surface area contributed by atoms with Crippen LogP contribution in [0.5, 0.6) is 0 Å². The van der Waals surface area contributed by atoms with Gasteiger partial charge in [-0.05, 0) is 37.3 Å². The number of halogens is 2. The van der Waals surface area contributed by atoms with E-state index in [1.807, 2.05) is 0 Å². The highest BCUT2D eigenvalue weighted by atomic mass is 35.5. The lowest BCUT2D eigenvalue weighted by atomic mass is 10.1. The molecular weight excluding hydrogens is 467 g/mol. The molecule has 0 aliphatic heterocycles. The first-order chi connectivity index (χ1) is 14.8. The number of benzene rings is 2. The fourth-order valence-electron chi connectivity index (χ4n) is 2.46. The highest BCUT2D eigenvalue weighted by Crippen LogP contribution is 2.32. The first kappa shape index (κ1) is 22.5. The Morgan fingerprint density at radius 3 is 2.65 bits per heavy atom. The smallest absolute Gasteiger partial charge is 0.357 e. The highest BCUT2D eigenvalue weighted by molar-refractivity contribution is 7.14. The molecule has 2 N–H and O–H groups in total. The third-order valence-corrected chi connectivity index (χ3v) is 5.36. The SMILES string of the molecule is CCOC(=O)c1csc(NC(=O)c2ccc(Nc3ccc(Cl)c(Cl)c3)c([N+](=O)[O-])c2)n1. The second-order valence-electron chi connectivity index (χ2n) is 5.96. The van der Waals surface area contributed by atoms with E-state index in [1.54, 1.807) is 19.1 Å². The van der Waals surface area contributed by atoms with Gasteiger partial charge < -0.3 is 10.1 Å². The number of nitro groups is 1. The molecule has 0 radical (unpaired) electrons. The molecule has 0 fully saturated rings. The van der Waals surface area contributed by atoms with Crippen molar-refractivity contribution in [1.82, 2.24) is 4.98 Å². The lowest BCUT2D eigenvalue weighted by molar-refractivity contribution is -0.383. The van der Waals surface area contributed by atoms with Gasteiger partial charge in [-0.25, -0.2) is 9.78 Å². The van der Waals surface area contributed by atoms with Crippen molar-refractivity contribution in [2.45, 2.75) is 6.92 Å². The van der Waals surface area contributed by atoms with Gasteiger partial charge in [0.1, 0.15) is 5.69 Å². The molecule has 12 heteroatoms. The Labute approximate surface area is 190 Å². The Morgan fingerprint density at radius 1 is 1.19 bits per heavy atom. The van der Waals surface area contributed by atoms with Crippen molar-refractivity contribution in [1.29, 1.82) is 0 Å². The maximum Gasteiger partial charge on any atom is 0.357 e. The number of carbonyl (C=O) groups excluding carboxylic acids is 2. The average molecular weight is 481 g/mol. The largest absolute Gasteiger partial charge is 0.461 e. The summed E-state index contributed by atoms with van der Waals surface area (Å²) >= 11 is 12.9. The van der Waals surface area contributed by atoms with Gasteiger partial charge in [0.2, 0.25) is 0 Å². The van der Waals surface area contributed by atoms with E-state index in [9.17, 15) is 19.7 Å². The van der Waals surface area contributed by atoms with Crippen molar-refractivity contribution >= 4 is 68.6 Å². The number of rotatable bonds is 7. The second-order valence-corrected chi connectivity index (χ2v) is 7.63. The molecule has 1 heterocycles. The number of hydrogen-bond acceptors (Lipinski definition) is 8. The highest BCUT2D eigenvalue weighted by Gasteiger charge is 2.19. The van der Waals surface area contributed by atoms with Crippen molar-refractivity contribution < 1.29 is 19.2 Å². The van der Waals surface area contributed by atoms with Crippen LogP contribution < -0.4 is 10.6 Å². The molecule has 0 aliphatic carbocycles. The van der Waals surface area contributed by atoms with Crippen LogP contribution in [-0.2, 0) is 4.74 Å². The summed E-state index contributed by atoms with van der Waals surface area (Å²) in [5.74, 6) is -1.22. The van der Waals surface area contributed by atoms with Gasteiger partial charge in [0.05, 0.1) is 21.6 Å². The monoisotopic (exact) mass is 480 g/mol. The van der Waals surface area contributed by atoms with Crippen LogP contribution in [0.15, 0.2) is 41.8 Å². The summed E-state index contributed by atoms with van der Waals surface area (Å²) in [6, 6.07) is 8.65. The van der Waals surface area contributed by atoms with Gasteiger partial charge in [-0.3, -0.25) is 20.2 Å². The van der Waals surface area contributed by atoms with E-state index >= 15 is 0 Å². The van der Waals surface area contributed by atoms with Crippen molar-refractivity contribution in [3.8, 4) is 0 Å². The minimum Gasteiger partial charge on any atom is -0.461 e. The van der Waals surface area contributed by atoms with Crippen molar-refractivity contribution in [3.63, 3.8) is 0 Å². The summed E-state index contributed by atoms with van der Waals surface area (Å²) in [4.78, 5) is 39.1. The lowest BCUT2D eigenvalue weighted by Crippen LogP contribution is -2.13. The van der Waals surface area contributed by atoms with Gasteiger partial charge in [-0.15, -0.1) is 11.3 Å². The predicted molar refractivity (Wildman–Crippen MR) is 119 cm³/mol. The molecule has 0 unspecified atom stereocenters. The number of ether oxygens (including phenoxy) is 1. The van der Waals surface area contributed by atoms with E-state index in [0.29, 0.717) is 10.7 Å². The molecule has 0 spiro atoms. The number of aromatic nitrogens is 1. The number of nitrogens with zero attached hydrogens (tertiary/aromatic N) is 2. The minimum absolute atomic E-state index is 0.0410. The van der Waals surface area contributed by atoms with Crippen LogP contribution in [0, 0.1) is 10.1 Å². The van der Waals surface area contributed by atoms with Crippen molar-refractivity contribution in [2.24, 2.45) is 0 Å². The molecule has 1 aromatic heterocycles. The third kappa shape index (κ3) is 5.48. The van der Waals surface area contributed by atoms with Crippen LogP contribution in [0.1, 0.15) is 27.8 Å². The van der Waals surface area contributed by atoms with E-state index in [2.05, 4.69) is 15.6 Å². The molecular formula is C19H14Cl2N4O5S. The zero-order valence-corrected chi connectivity index (χ0v) is 18.2. The van der Waals surface area contributed by atoms with Crippen molar-refractivity contribution in [3.05, 3.63) is 73.2 Å². The Morgan fingerprint density at radius 2 is 1.97 bits per heavy atom. The predicted octanol–water partition coefficient (Wildman–Crippen LogP) is 5.53. The maximum atomic E-state index is 12.5. The second kappa shape index (κ2) is 9.73. The molecule has 2 aromatic carbocycles. The van der Waals surface area contributed by atoms with Crippen LogP contribution in [0.4, 0.5) is 22.2 Å². The maximum absolute atomic E-state index is 12.5. The molecule has 3 aromatic rings. The summed E-state index contributed by atoms with van der Waals surface area (Å²) in [5.41, 5.74) is 0.446. The fraction of sp³-hybridized carbons (Fsp3) is 0.105. The average Bonchev–Trinajstić information content (AvgIpc) is 3.19. The number of amides is 1. The van der Waals surface area contributed by atoms with Crippen LogP contribution in [0.2, 0.25) is 10.0 Å². The fourth-order valence-corrected chi connectivity index (χ4v) is 3.43. The lowest BCUT2D eigenvalue weighted by Gasteiger charge is -2.09. The first-order valence-corrected chi connectivity index (χ1v) is 10.4. The van der Waals surface area contributed by atoms with Crippen molar-refractivity contribution in [2.75, 3.05) is 17.2 Å². The molecule has 0 bridgehead atoms. The molecule has 0 saturated heterocycles. The molecule has 9 nitrogen and oxygen atoms in total. The minimum atomic E-state index is -0.617. The number of esters is 1. The van der Waals surface area contributed by atoms with Gasteiger partial charge in [0.25, 0.3) is 11.6 Å². The van der Waals surface area contributed by atoms with E-state index in [0.717, 1.165) is 17.4 Å². The third-order valence-electron chi connectivity index (χ3n) is 3.86. The number of hydrogen-bond donors (Lipinski definition) is 2. The normalized spacial score (nSPS) is 10.4. The van der Waals surface area contributed by atoms with E-state index in [4.69, 9.17) is 27.9 Å². The molecule has 0 atom stereocenters. The number of thiazole rings is 1. The van der Waals surface area contributed by atoms with Gasteiger partial charge in [-0.1, -0.05) is 23.2 Å². The number of nitrogens with one attached hydrogen (secondary N) is 2. The zero-order valence-electron chi connectivity index (χ0n) is 15.8. The van der Waals surface area contributed by atoms with E-state index < -0.39 is 16.8 Å². The standard InChI is InChI=1S/C19H14Cl2N4O5S/c1-2-30-18(27)15-9-31-19(23-15)24-17(26)10-3-6-14(16(7-10)25(28)29)22-11-4-5-12(20)13(21)8-11/h3-9,22H,2H2,1H3,(H,23,24,26). The Kier molecular flexibility index (Phi) is 7.06. The molecule has 1 amide bonds. The zero-order chi connectivity index (χ0) is 22.5. The van der Waals surface area contributed by atoms with Crippen LogP contribution in [0.25, 0.3) is 0 Å². The molecule has 3 rings (SSSR count). The molecule has 31 heavy (non-hydrogen) atoms. The quantitative estimate of drug-likeness (QED) is 0.258. The summed E-state index contributed by atoms with van der Waals surface area (Å²) in [5, 5.41) is 19.2.